The molecule has 0 aromatic heterocycles. The van der Waals surface area contributed by atoms with Gasteiger partial charge in [-0.15, -0.1) is 0 Å². The highest BCUT2D eigenvalue weighted by molar-refractivity contribution is 7.85. The van der Waals surface area contributed by atoms with E-state index in [1.807, 2.05) is 0 Å². The SMILES string of the molecule is CCNC1CCCCCCCCCCC1S(=O)CC(C)C. The second kappa shape index (κ2) is 11.6. The summed E-state index contributed by atoms with van der Waals surface area (Å²) in [6.45, 7) is 7.56. The highest BCUT2D eigenvalue weighted by Gasteiger charge is 2.26. The Bertz CT molecular complexity index is 280. The Morgan fingerprint density at radius 1 is 0.952 bits per heavy atom. The van der Waals surface area contributed by atoms with Gasteiger partial charge in [-0.05, 0) is 25.3 Å². The van der Waals surface area contributed by atoms with Crippen LogP contribution in [0.15, 0.2) is 0 Å². The Labute approximate surface area is 135 Å². The van der Waals surface area contributed by atoms with Crippen LogP contribution in [0.4, 0.5) is 0 Å². The Hall–Kier alpha value is 0.110. The van der Waals surface area contributed by atoms with Crippen molar-refractivity contribution in [1.82, 2.24) is 5.32 Å². The standard InChI is InChI=1S/C18H37NOS/c1-4-19-17-13-11-9-7-5-6-8-10-12-14-18(17)21(20)15-16(2)3/h16-19H,4-15H2,1-3H3. The molecule has 0 heterocycles. The Morgan fingerprint density at radius 3 is 2.00 bits per heavy atom. The summed E-state index contributed by atoms with van der Waals surface area (Å²) in [6, 6.07) is 0.467. The largest absolute Gasteiger partial charge is 0.313 e. The van der Waals surface area contributed by atoms with Gasteiger partial charge in [0, 0.05) is 22.6 Å². The highest BCUT2D eigenvalue weighted by atomic mass is 32.2. The van der Waals surface area contributed by atoms with Gasteiger partial charge < -0.3 is 5.32 Å². The minimum atomic E-state index is -0.673. The molecule has 0 saturated heterocycles. The zero-order valence-corrected chi connectivity index (χ0v) is 15.4. The normalized spacial score (nSPS) is 27.8. The maximum absolute atomic E-state index is 12.8. The van der Waals surface area contributed by atoms with Crippen molar-refractivity contribution in [2.75, 3.05) is 12.3 Å². The van der Waals surface area contributed by atoms with Gasteiger partial charge in [-0.25, -0.2) is 0 Å². The Morgan fingerprint density at radius 2 is 1.48 bits per heavy atom. The topological polar surface area (TPSA) is 29.1 Å². The van der Waals surface area contributed by atoms with Gasteiger partial charge in [-0.1, -0.05) is 72.1 Å². The molecule has 3 atom stereocenters. The lowest BCUT2D eigenvalue weighted by molar-refractivity contribution is 0.414. The van der Waals surface area contributed by atoms with Crippen LogP contribution in [-0.2, 0) is 10.8 Å². The van der Waals surface area contributed by atoms with Gasteiger partial charge >= 0.3 is 0 Å². The maximum atomic E-state index is 12.8. The van der Waals surface area contributed by atoms with Crippen LogP contribution < -0.4 is 5.32 Å². The average molecular weight is 316 g/mol. The van der Waals surface area contributed by atoms with E-state index in [9.17, 15) is 4.21 Å². The number of hydrogen-bond donors (Lipinski definition) is 1. The van der Waals surface area contributed by atoms with E-state index in [4.69, 9.17) is 0 Å². The summed E-state index contributed by atoms with van der Waals surface area (Å²) >= 11 is 0. The predicted molar refractivity (Wildman–Crippen MR) is 95.3 cm³/mol. The van der Waals surface area contributed by atoms with Crippen molar-refractivity contribution in [3.63, 3.8) is 0 Å². The van der Waals surface area contributed by atoms with Crippen LogP contribution in [0, 0.1) is 5.92 Å². The summed E-state index contributed by atoms with van der Waals surface area (Å²) in [6.07, 6.45) is 13.2. The molecule has 0 aromatic carbocycles. The van der Waals surface area contributed by atoms with Gasteiger partial charge in [0.15, 0.2) is 0 Å². The summed E-state index contributed by atoms with van der Waals surface area (Å²) in [4.78, 5) is 0. The van der Waals surface area contributed by atoms with Gasteiger partial charge in [0.25, 0.3) is 0 Å². The second-order valence-corrected chi connectivity index (χ2v) is 8.75. The number of rotatable bonds is 5. The molecule has 0 aromatic rings. The first kappa shape index (κ1) is 19.2. The molecule has 0 spiro atoms. The zero-order valence-electron chi connectivity index (χ0n) is 14.5. The molecular formula is C18H37NOS. The fourth-order valence-electron chi connectivity index (χ4n) is 3.42. The molecule has 21 heavy (non-hydrogen) atoms. The lowest BCUT2D eigenvalue weighted by Gasteiger charge is -2.28. The van der Waals surface area contributed by atoms with Gasteiger partial charge in [0.05, 0.1) is 5.25 Å². The molecule has 1 rings (SSSR count). The van der Waals surface area contributed by atoms with Gasteiger partial charge in [-0.2, -0.15) is 0 Å². The van der Waals surface area contributed by atoms with Crippen LogP contribution in [0.2, 0.25) is 0 Å². The van der Waals surface area contributed by atoms with Crippen LogP contribution in [0.3, 0.4) is 0 Å². The Kier molecular flexibility index (Phi) is 10.6. The van der Waals surface area contributed by atoms with Crippen molar-refractivity contribution in [1.29, 1.82) is 0 Å². The molecule has 1 saturated carbocycles. The zero-order chi connectivity index (χ0) is 15.5. The van der Waals surface area contributed by atoms with Crippen molar-refractivity contribution in [3.8, 4) is 0 Å². The first-order valence-electron chi connectivity index (χ1n) is 9.25. The molecule has 126 valence electrons. The summed E-state index contributed by atoms with van der Waals surface area (Å²) < 4.78 is 12.8. The van der Waals surface area contributed by atoms with Gasteiger partial charge in [0.2, 0.25) is 0 Å². The molecule has 1 aliphatic rings. The maximum Gasteiger partial charge on any atom is 0.0501 e. The monoisotopic (exact) mass is 315 g/mol. The average Bonchev–Trinajstić information content (AvgIpc) is 2.41. The van der Waals surface area contributed by atoms with Crippen LogP contribution in [0.1, 0.15) is 85.0 Å². The molecule has 1 N–H and O–H groups in total. The van der Waals surface area contributed by atoms with Crippen molar-refractivity contribution in [3.05, 3.63) is 0 Å². The molecule has 0 amide bonds. The quantitative estimate of drug-likeness (QED) is 0.800. The van der Waals surface area contributed by atoms with E-state index in [-0.39, 0.29) is 0 Å². The summed E-state index contributed by atoms with van der Waals surface area (Å²) in [5.41, 5.74) is 0. The van der Waals surface area contributed by atoms with Crippen molar-refractivity contribution in [2.45, 2.75) is 96.3 Å². The fourth-order valence-corrected chi connectivity index (χ4v) is 5.35. The van der Waals surface area contributed by atoms with E-state index in [0.29, 0.717) is 17.2 Å². The number of hydrogen-bond acceptors (Lipinski definition) is 2. The smallest absolute Gasteiger partial charge is 0.0501 e. The summed E-state index contributed by atoms with van der Waals surface area (Å²) in [5.74, 6) is 1.40. The molecule has 0 radical (unpaired) electrons. The van der Waals surface area contributed by atoms with Crippen LogP contribution in [0.25, 0.3) is 0 Å². The lowest BCUT2D eigenvalue weighted by atomic mass is 9.97. The summed E-state index contributed by atoms with van der Waals surface area (Å²) in [5, 5.41) is 4.02. The number of nitrogens with one attached hydrogen (secondary N) is 1. The Balaban J connectivity index is 2.67. The predicted octanol–water partition coefficient (Wildman–Crippen LogP) is 4.65. The van der Waals surface area contributed by atoms with E-state index in [1.54, 1.807) is 0 Å². The van der Waals surface area contributed by atoms with Crippen molar-refractivity contribution >= 4 is 10.8 Å². The third-order valence-corrected chi connectivity index (χ3v) is 6.74. The van der Waals surface area contributed by atoms with Gasteiger partial charge in [-0.3, -0.25) is 4.21 Å². The lowest BCUT2D eigenvalue weighted by Crippen LogP contribution is -2.43. The van der Waals surface area contributed by atoms with E-state index >= 15 is 0 Å². The minimum Gasteiger partial charge on any atom is -0.313 e. The minimum absolute atomic E-state index is 0.367. The van der Waals surface area contributed by atoms with Crippen LogP contribution >= 0.6 is 0 Å². The molecule has 1 fully saturated rings. The van der Waals surface area contributed by atoms with E-state index in [0.717, 1.165) is 18.7 Å². The first-order valence-corrected chi connectivity index (χ1v) is 10.6. The fraction of sp³-hybridized carbons (Fsp3) is 1.00. The third-order valence-electron chi connectivity index (χ3n) is 4.50. The van der Waals surface area contributed by atoms with Crippen molar-refractivity contribution < 1.29 is 4.21 Å². The molecule has 0 bridgehead atoms. The first-order chi connectivity index (χ1) is 10.1. The van der Waals surface area contributed by atoms with E-state index in [1.165, 1.54) is 57.8 Å². The molecule has 0 aliphatic heterocycles. The molecule has 3 unspecified atom stereocenters. The molecule has 3 heteroatoms. The van der Waals surface area contributed by atoms with E-state index in [2.05, 4.69) is 26.1 Å². The molecule has 2 nitrogen and oxygen atoms in total. The highest BCUT2D eigenvalue weighted by Crippen LogP contribution is 2.21. The second-order valence-electron chi connectivity index (χ2n) is 7.05. The van der Waals surface area contributed by atoms with Crippen molar-refractivity contribution in [2.24, 2.45) is 5.92 Å². The molecular weight excluding hydrogens is 278 g/mol. The van der Waals surface area contributed by atoms with Crippen LogP contribution in [-0.4, -0.2) is 27.8 Å². The third kappa shape index (κ3) is 8.35. The molecule has 1 aliphatic carbocycles. The van der Waals surface area contributed by atoms with Gasteiger partial charge in [0.1, 0.15) is 0 Å². The van der Waals surface area contributed by atoms with Crippen LogP contribution in [0.5, 0.6) is 0 Å². The summed E-state index contributed by atoms with van der Waals surface area (Å²) in [7, 11) is -0.673. The van der Waals surface area contributed by atoms with E-state index < -0.39 is 10.8 Å².